The van der Waals surface area contributed by atoms with Gasteiger partial charge in [-0.1, -0.05) is 55.7 Å². The molecular weight excluding hydrogens is 582 g/mol. The van der Waals surface area contributed by atoms with Gasteiger partial charge in [0.25, 0.3) is 12.4 Å². The van der Waals surface area contributed by atoms with Gasteiger partial charge in [-0.25, -0.2) is 4.79 Å². The fraction of sp³-hybridized carbons (Fsp3) is 0.514. The van der Waals surface area contributed by atoms with E-state index in [9.17, 15) is 14.4 Å². The third-order valence-corrected chi connectivity index (χ3v) is 9.70. The normalized spacial score (nSPS) is 19.2. The minimum absolute atomic E-state index is 0.00778. The van der Waals surface area contributed by atoms with Crippen LogP contribution in [0.25, 0.3) is 11.3 Å². The van der Waals surface area contributed by atoms with Crippen molar-refractivity contribution in [1.82, 2.24) is 24.3 Å². The summed E-state index contributed by atoms with van der Waals surface area (Å²) < 4.78 is 6.99. The predicted molar refractivity (Wildman–Crippen MR) is 181 cm³/mol. The number of anilines is 2. The first-order valence-electron chi connectivity index (χ1n) is 16.6. The van der Waals surface area contributed by atoms with Gasteiger partial charge in [0.1, 0.15) is 0 Å². The summed E-state index contributed by atoms with van der Waals surface area (Å²) in [4.78, 5) is 45.5. The number of imidazole rings is 1. The number of H-pyrrole nitrogens is 1. The lowest BCUT2D eigenvalue weighted by molar-refractivity contribution is -0.152. The van der Waals surface area contributed by atoms with Crippen molar-refractivity contribution < 1.29 is 14.3 Å². The number of piperidine rings is 1. The second-order valence-electron chi connectivity index (χ2n) is 12.8. The number of rotatable bonds is 8. The van der Waals surface area contributed by atoms with Gasteiger partial charge in [0.15, 0.2) is 6.10 Å². The lowest BCUT2D eigenvalue weighted by Gasteiger charge is -2.41. The molecule has 2 aromatic carbocycles. The van der Waals surface area contributed by atoms with Crippen molar-refractivity contribution in [2.45, 2.75) is 69.6 Å². The maximum Gasteiger partial charge on any atom is 0.326 e. The molecule has 0 radical (unpaired) electrons. The second kappa shape index (κ2) is 16.0. The molecule has 1 saturated carbocycles. The Morgan fingerprint density at radius 3 is 2.26 bits per heavy atom. The van der Waals surface area contributed by atoms with E-state index in [1.807, 2.05) is 46.0 Å². The summed E-state index contributed by atoms with van der Waals surface area (Å²) in [7, 11) is 2.13. The average molecular weight is 632 g/mol. The van der Waals surface area contributed by atoms with E-state index >= 15 is 0 Å². The molecule has 1 unspecified atom stereocenters. The van der Waals surface area contributed by atoms with E-state index in [1.54, 1.807) is 18.2 Å². The van der Waals surface area contributed by atoms with E-state index < -0.39 is 6.10 Å². The zero-order valence-electron chi connectivity index (χ0n) is 27.0. The van der Waals surface area contributed by atoms with Crippen molar-refractivity contribution in [3.63, 3.8) is 0 Å². The second-order valence-corrected chi connectivity index (χ2v) is 12.8. The van der Waals surface area contributed by atoms with Crippen LogP contribution < -0.4 is 17.2 Å². The van der Waals surface area contributed by atoms with Crippen LogP contribution in [0.2, 0.25) is 0 Å². The Labute approximate surface area is 271 Å². The molecule has 2 saturated heterocycles. The highest BCUT2D eigenvalue weighted by Crippen LogP contribution is 2.25. The number of likely N-dealkylation sites (tertiary alicyclic amines) is 1. The van der Waals surface area contributed by atoms with Gasteiger partial charge < -0.3 is 31.0 Å². The minimum atomic E-state index is -0.827. The number of aromatic amines is 1. The monoisotopic (exact) mass is 631 g/mol. The molecular formula is C35H49N7O4. The third kappa shape index (κ3) is 8.58. The zero-order valence-corrected chi connectivity index (χ0v) is 27.0. The van der Waals surface area contributed by atoms with Gasteiger partial charge in [-0.2, -0.15) is 0 Å². The van der Waals surface area contributed by atoms with Crippen molar-refractivity contribution in [1.29, 1.82) is 0 Å². The van der Waals surface area contributed by atoms with Crippen LogP contribution in [-0.4, -0.2) is 95.1 Å². The number of nitrogens with zero attached hydrogens (tertiary/aromatic N) is 4. The molecule has 3 fully saturated rings. The van der Waals surface area contributed by atoms with Crippen molar-refractivity contribution >= 4 is 23.8 Å². The summed E-state index contributed by atoms with van der Waals surface area (Å²) in [6.07, 6.45) is 10.0. The molecule has 1 amide bonds. The van der Waals surface area contributed by atoms with E-state index in [0.29, 0.717) is 49.4 Å². The van der Waals surface area contributed by atoms with Crippen LogP contribution >= 0.6 is 0 Å². The predicted octanol–water partition coefficient (Wildman–Crippen LogP) is 3.52. The first kappa shape index (κ1) is 33.3. The summed E-state index contributed by atoms with van der Waals surface area (Å²) >= 11 is 0. The number of hydrogen-bond donors (Lipinski definition) is 3. The Bertz CT molecular complexity index is 1470. The molecule has 46 heavy (non-hydrogen) atoms. The summed E-state index contributed by atoms with van der Waals surface area (Å²) in [5, 5.41) is 0. The molecule has 1 aromatic heterocycles. The molecule has 3 aliphatic rings. The van der Waals surface area contributed by atoms with Crippen LogP contribution in [0.1, 0.15) is 56.6 Å². The number of ether oxygens (including phenoxy) is 1. The molecule has 3 aromatic rings. The highest BCUT2D eigenvalue weighted by atomic mass is 16.5. The highest BCUT2D eigenvalue weighted by molar-refractivity contribution is 5.82. The molecule has 11 nitrogen and oxygen atoms in total. The number of nitrogen functional groups attached to an aromatic ring is 2. The van der Waals surface area contributed by atoms with Crippen LogP contribution in [0, 0.1) is 0 Å². The number of carbonyl (C=O) groups excluding carboxylic acids is 2. The maximum absolute atomic E-state index is 12.9. The van der Waals surface area contributed by atoms with E-state index in [-0.39, 0.29) is 11.6 Å². The van der Waals surface area contributed by atoms with Gasteiger partial charge in [-0.3, -0.25) is 19.1 Å². The Hall–Kier alpha value is -4.09. The number of piperazine rings is 1. The Morgan fingerprint density at radius 2 is 1.61 bits per heavy atom. The van der Waals surface area contributed by atoms with Gasteiger partial charge >= 0.3 is 5.69 Å². The number of hydrogen-bond acceptors (Lipinski definition) is 8. The van der Waals surface area contributed by atoms with Crippen molar-refractivity contribution in [2.24, 2.45) is 0 Å². The third-order valence-electron chi connectivity index (χ3n) is 9.70. The standard InChI is InChI=1S/C20H30N4O3.C15H19N3O/c21-17-7-6-15(12-18(17)22)13-19(27-14-25)20(26)24-10-8-23(9-11-24)16-4-2-1-3-5-16;1-17-9-7-13(8-10-17)18-11-14(16-15(18)19)12-5-3-2-4-6-12/h6-7,12,14,16,19H,1-5,8-11,13,21-22H2;2-6,11,13H,7-10H2,1H3,(H,16,19). The molecule has 248 valence electrons. The smallest absolute Gasteiger partial charge is 0.326 e. The van der Waals surface area contributed by atoms with E-state index in [0.717, 1.165) is 55.8 Å². The average Bonchev–Trinajstić information content (AvgIpc) is 3.49. The van der Waals surface area contributed by atoms with Crippen molar-refractivity contribution in [3.05, 3.63) is 70.8 Å². The maximum atomic E-state index is 12.9. The minimum Gasteiger partial charge on any atom is -0.454 e. The van der Waals surface area contributed by atoms with E-state index in [1.165, 1.54) is 32.1 Å². The summed E-state index contributed by atoms with van der Waals surface area (Å²) in [6, 6.07) is 16.2. The largest absolute Gasteiger partial charge is 0.454 e. The van der Waals surface area contributed by atoms with Crippen LogP contribution in [-0.2, 0) is 20.7 Å². The van der Waals surface area contributed by atoms with Gasteiger partial charge in [0, 0.05) is 50.9 Å². The molecule has 5 N–H and O–H groups in total. The summed E-state index contributed by atoms with van der Waals surface area (Å²) in [5.41, 5.74) is 15.3. The van der Waals surface area contributed by atoms with Crippen LogP contribution in [0.15, 0.2) is 59.5 Å². The van der Waals surface area contributed by atoms with Gasteiger partial charge in [0.05, 0.1) is 17.1 Å². The van der Waals surface area contributed by atoms with Crippen molar-refractivity contribution in [3.8, 4) is 11.3 Å². The molecule has 11 heteroatoms. The molecule has 1 atom stereocenters. The SMILES string of the molecule is CN1CCC(n2cc(-c3ccccc3)[nH]c2=O)CC1.Nc1ccc(CC(OC=O)C(=O)N2CCN(C3CCCCC3)CC2)cc1N. The quantitative estimate of drug-likeness (QED) is 0.253. The number of carbonyl (C=O) groups is 2. The van der Waals surface area contributed by atoms with Gasteiger partial charge in [-0.15, -0.1) is 0 Å². The lowest BCUT2D eigenvalue weighted by atomic mass is 9.94. The molecule has 0 spiro atoms. The molecule has 3 heterocycles. The Kier molecular flexibility index (Phi) is 11.5. The number of amides is 1. The first-order chi connectivity index (χ1) is 22.3. The van der Waals surface area contributed by atoms with Crippen molar-refractivity contribution in [2.75, 3.05) is 57.8 Å². The van der Waals surface area contributed by atoms with Crippen LogP contribution in [0.3, 0.4) is 0 Å². The van der Waals surface area contributed by atoms with Crippen LogP contribution in [0.4, 0.5) is 11.4 Å². The summed E-state index contributed by atoms with van der Waals surface area (Å²) in [6.45, 7) is 5.60. The lowest BCUT2D eigenvalue weighted by Crippen LogP contribution is -2.54. The summed E-state index contributed by atoms with van der Waals surface area (Å²) in [5.74, 6) is -0.138. The molecule has 2 aliphatic heterocycles. The number of aromatic nitrogens is 2. The fourth-order valence-corrected chi connectivity index (χ4v) is 6.90. The molecule has 6 rings (SSSR count). The first-order valence-corrected chi connectivity index (χ1v) is 16.6. The Morgan fingerprint density at radius 1 is 0.913 bits per heavy atom. The number of benzene rings is 2. The van der Waals surface area contributed by atoms with Gasteiger partial charge in [-0.05, 0) is 69.1 Å². The Balaban J connectivity index is 0.000000192. The van der Waals surface area contributed by atoms with E-state index in [4.69, 9.17) is 16.2 Å². The van der Waals surface area contributed by atoms with Gasteiger partial charge in [0.2, 0.25) is 0 Å². The highest BCUT2D eigenvalue weighted by Gasteiger charge is 2.31. The molecule has 1 aliphatic carbocycles. The topological polar surface area (TPSA) is 143 Å². The van der Waals surface area contributed by atoms with E-state index in [2.05, 4.69) is 21.8 Å². The zero-order chi connectivity index (χ0) is 32.5. The number of nitrogens with two attached hydrogens (primary N) is 2. The fourth-order valence-electron chi connectivity index (χ4n) is 6.90. The molecule has 0 bridgehead atoms. The van der Waals surface area contributed by atoms with Crippen LogP contribution in [0.5, 0.6) is 0 Å². The number of nitrogens with one attached hydrogen (secondary N) is 1.